The summed E-state index contributed by atoms with van der Waals surface area (Å²) in [5.74, 6) is -0.0117. The molecule has 21 heavy (non-hydrogen) atoms. The van der Waals surface area contributed by atoms with Gasteiger partial charge in [-0.3, -0.25) is 20.2 Å². The van der Waals surface area contributed by atoms with Gasteiger partial charge in [0.1, 0.15) is 11.7 Å². The number of ether oxygens (including phenoxy) is 1. The number of hydrogen-bond donors (Lipinski definition) is 0. The zero-order chi connectivity index (χ0) is 15.4. The van der Waals surface area contributed by atoms with E-state index in [1.165, 1.54) is 31.4 Å². The van der Waals surface area contributed by atoms with E-state index >= 15 is 0 Å². The highest BCUT2D eigenvalue weighted by molar-refractivity contribution is 5.37. The minimum Gasteiger partial charge on any atom is -0.468 e. The molecule has 0 N–H and O–H groups in total. The van der Waals surface area contributed by atoms with Gasteiger partial charge in [-0.15, -0.1) is 0 Å². The number of non-ortho nitro benzene ring substituents is 1. The first-order chi connectivity index (χ1) is 10.0. The maximum atomic E-state index is 10.8. The highest BCUT2D eigenvalue weighted by Gasteiger charge is 2.24. The highest BCUT2D eigenvalue weighted by atomic mass is 16.6. The summed E-state index contributed by atoms with van der Waals surface area (Å²) < 4.78 is 10.3. The number of nitrogens with zero attached hydrogens (tertiary/aromatic N) is 2. The molecule has 8 heteroatoms. The summed E-state index contributed by atoms with van der Waals surface area (Å²) in [5, 5.41) is 21.5. The monoisotopic (exact) mass is 292 g/mol. The smallest absolute Gasteiger partial charge is 0.284 e. The molecule has 0 saturated heterocycles. The van der Waals surface area contributed by atoms with Gasteiger partial charge >= 0.3 is 0 Å². The number of methoxy groups -OCH3 is 1. The van der Waals surface area contributed by atoms with Crippen molar-refractivity contribution in [1.29, 1.82) is 0 Å². The molecule has 0 saturated carbocycles. The Labute approximate surface area is 119 Å². The summed E-state index contributed by atoms with van der Waals surface area (Å²) in [6, 6.07) is 8.75. The number of nitro groups is 2. The maximum Gasteiger partial charge on any atom is 0.284 e. The van der Waals surface area contributed by atoms with E-state index in [1.54, 1.807) is 12.1 Å². The SMILES string of the molecule is COc1ccc([C@@H](C[N+](=O)[O-])c2ccc([N+](=O)[O-])cc2)o1. The quantitative estimate of drug-likeness (QED) is 0.598. The lowest BCUT2D eigenvalue weighted by Gasteiger charge is -2.10. The summed E-state index contributed by atoms with van der Waals surface area (Å²) >= 11 is 0. The van der Waals surface area contributed by atoms with Crippen molar-refractivity contribution in [2.45, 2.75) is 5.92 Å². The van der Waals surface area contributed by atoms with E-state index in [0.717, 1.165) is 0 Å². The van der Waals surface area contributed by atoms with Gasteiger partial charge in [0.05, 0.1) is 12.0 Å². The fraction of sp³-hybridized carbons (Fsp3) is 0.231. The Bertz CT molecular complexity index is 649. The third kappa shape index (κ3) is 3.35. The van der Waals surface area contributed by atoms with Crippen molar-refractivity contribution < 1.29 is 19.0 Å². The van der Waals surface area contributed by atoms with Gasteiger partial charge in [0.25, 0.3) is 11.6 Å². The molecule has 0 spiro atoms. The molecular weight excluding hydrogens is 280 g/mol. The first-order valence-electron chi connectivity index (χ1n) is 6.01. The molecule has 1 heterocycles. The highest BCUT2D eigenvalue weighted by Crippen LogP contribution is 2.30. The lowest BCUT2D eigenvalue weighted by atomic mass is 9.96. The predicted molar refractivity (Wildman–Crippen MR) is 72.1 cm³/mol. The molecule has 1 aromatic heterocycles. The fourth-order valence-corrected chi connectivity index (χ4v) is 1.97. The third-order valence-corrected chi connectivity index (χ3v) is 2.98. The number of benzene rings is 1. The Morgan fingerprint density at radius 1 is 1.14 bits per heavy atom. The van der Waals surface area contributed by atoms with Gasteiger partial charge in [-0.05, 0) is 11.6 Å². The predicted octanol–water partition coefficient (Wildman–Crippen LogP) is 2.61. The molecule has 8 nitrogen and oxygen atoms in total. The fourth-order valence-electron chi connectivity index (χ4n) is 1.97. The zero-order valence-corrected chi connectivity index (χ0v) is 11.1. The van der Waals surface area contributed by atoms with Crippen LogP contribution in [0.3, 0.4) is 0 Å². The molecular formula is C13H12N2O6. The molecule has 0 radical (unpaired) electrons. The molecule has 110 valence electrons. The van der Waals surface area contributed by atoms with Crippen LogP contribution in [-0.4, -0.2) is 23.5 Å². The molecule has 2 aromatic rings. The molecule has 1 aromatic carbocycles. The Morgan fingerprint density at radius 2 is 1.81 bits per heavy atom. The van der Waals surface area contributed by atoms with Crippen LogP contribution in [0.4, 0.5) is 5.69 Å². The number of furan rings is 1. The van der Waals surface area contributed by atoms with E-state index in [2.05, 4.69) is 0 Å². The lowest BCUT2D eigenvalue weighted by molar-refractivity contribution is -0.482. The van der Waals surface area contributed by atoms with Crippen LogP contribution in [0.5, 0.6) is 5.95 Å². The van der Waals surface area contributed by atoms with Crippen LogP contribution in [0.1, 0.15) is 17.2 Å². The summed E-state index contributed by atoms with van der Waals surface area (Å²) in [5.41, 5.74) is 0.491. The number of nitro benzene ring substituents is 1. The molecule has 0 aliphatic heterocycles. The Hall–Kier alpha value is -2.90. The molecule has 0 unspecified atom stereocenters. The second kappa shape index (κ2) is 6.04. The van der Waals surface area contributed by atoms with Gasteiger partial charge < -0.3 is 9.15 Å². The molecule has 0 fully saturated rings. The first-order valence-corrected chi connectivity index (χ1v) is 6.01. The van der Waals surface area contributed by atoms with E-state index in [-0.39, 0.29) is 18.2 Å². The van der Waals surface area contributed by atoms with E-state index < -0.39 is 15.8 Å². The van der Waals surface area contributed by atoms with Crippen molar-refractivity contribution in [2.75, 3.05) is 13.7 Å². The second-order valence-corrected chi connectivity index (χ2v) is 4.28. The van der Waals surface area contributed by atoms with Crippen molar-refractivity contribution in [3.05, 3.63) is 68.0 Å². The van der Waals surface area contributed by atoms with Crippen LogP contribution in [0, 0.1) is 20.2 Å². The van der Waals surface area contributed by atoms with Gasteiger partial charge in [0.15, 0.2) is 0 Å². The van der Waals surface area contributed by atoms with Crippen LogP contribution in [0.15, 0.2) is 40.8 Å². The average molecular weight is 292 g/mol. The minimum absolute atomic E-state index is 0.0735. The average Bonchev–Trinajstić information content (AvgIpc) is 2.93. The third-order valence-electron chi connectivity index (χ3n) is 2.98. The molecule has 1 atom stereocenters. The lowest BCUT2D eigenvalue weighted by Crippen LogP contribution is -2.13. The Balaban J connectivity index is 2.35. The van der Waals surface area contributed by atoms with Crippen molar-refractivity contribution in [2.24, 2.45) is 0 Å². The Morgan fingerprint density at radius 3 is 2.29 bits per heavy atom. The number of hydrogen-bond acceptors (Lipinski definition) is 6. The van der Waals surface area contributed by atoms with Gasteiger partial charge in [0.2, 0.25) is 6.54 Å². The first kappa shape index (κ1) is 14.5. The summed E-state index contributed by atoms with van der Waals surface area (Å²) in [6.45, 7) is -0.380. The van der Waals surface area contributed by atoms with E-state index in [9.17, 15) is 20.2 Å². The van der Waals surface area contributed by atoms with Gasteiger partial charge in [0, 0.05) is 23.1 Å². The molecule has 0 amide bonds. The summed E-state index contributed by atoms with van der Waals surface area (Å²) in [7, 11) is 1.43. The van der Waals surface area contributed by atoms with Gasteiger partial charge in [-0.25, -0.2) is 0 Å². The summed E-state index contributed by atoms with van der Waals surface area (Å²) in [6.07, 6.45) is 0. The van der Waals surface area contributed by atoms with Gasteiger partial charge in [-0.2, -0.15) is 0 Å². The molecule has 0 bridgehead atoms. The molecule has 0 aliphatic carbocycles. The largest absolute Gasteiger partial charge is 0.468 e. The van der Waals surface area contributed by atoms with Crippen molar-refractivity contribution >= 4 is 5.69 Å². The Kier molecular flexibility index (Phi) is 4.17. The van der Waals surface area contributed by atoms with Gasteiger partial charge in [-0.1, -0.05) is 12.1 Å². The molecule has 2 rings (SSSR count). The van der Waals surface area contributed by atoms with Crippen LogP contribution >= 0.6 is 0 Å². The van der Waals surface area contributed by atoms with Crippen molar-refractivity contribution in [3.63, 3.8) is 0 Å². The van der Waals surface area contributed by atoms with Crippen LogP contribution in [-0.2, 0) is 0 Å². The van der Waals surface area contributed by atoms with Crippen molar-refractivity contribution in [3.8, 4) is 5.95 Å². The number of rotatable bonds is 6. The minimum atomic E-state index is -0.635. The van der Waals surface area contributed by atoms with Crippen LogP contribution in [0.25, 0.3) is 0 Å². The standard InChI is InChI=1S/C13H12N2O6/c1-20-13-7-6-12(21-13)11(8-14(16)17)9-2-4-10(5-3-9)15(18)19/h2-7,11H,8H2,1H3/t11-/m0/s1. The maximum absolute atomic E-state index is 10.8. The van der Waals surface area contributed by atoms with E-state index in [1.807, 2.05) is 0 Å². The summed E-state index contributed by atoms with van der Waals surface area (Å²) in [4.78, 5) is 20.5. The molecule has 0 aliphatic rings. The van der Waals surface area contributed by atoms with Crippen LogP contribution < -0.4 is 4.74 Å². The van der Waals surface area contributed by atoms with E-state index in [4.69, 9.17) is 9.15 Å². The zero-order valence-electron chi connectivity index (χ0n) is 11.1. The second-order valence-electron chi connectivity index (χ2n) is 4.28. The van der Waals surface area contributed by atoms with Crippen LogP contribution in [0.2, 0.25) is 0 Å². The van der Waals surface area contributed by atoms with Crippen molar-refractivity contribution in [1.82, 2.24) is 0 Å². The van der Waals surface area contributed by atoms with E-state index in [0.29, 0.717) is 11.3 Å². The topological polar surface area (TPSA) is 109 Å². The normalized spacial score (nSPS) is 11.9.